The standard InChI is InChI=1S/C12H10FN3O2/c1-7-14-5-4-11(15-7)16-10-3-2-8(12(17)18)6-9(10)13/h2-6H,1H3,(H,17,18)(H,14,15,16). The molecular weight excluding hydrogens is 237 g/mol. The van der Waals surface area contributed by atoms with E-state index in [4.69, 9.17) is 5.11 Å². The summed E-state index contributed by atoms with van der Waals surface area (Å²) >= 11 is 0. The van der Waals surface area contributed by atoms with Crippen molar-refractivity contribution in [3.63, 3.8) is 0 Å². The van der Waals surface area contributed by atoms with E-state index in [0.717, 1.165) is 6.07 Å². The van der Waals surface area contributed by atoms with Crippen LogP contribution in [0.15, 0.2) is 30.5 Å². The first-order chi connectivity index (χ1) is 8.56. The number of nitrogens with zero attached hydrogens (tertiary/aromatic N) is 2. The van der Waals surface area contributed by atoms with Gasteiger partial charge in [0.2, 0.25) is 0 Å². The molecule has 18 heavy (non-hydrogen) atoms. The average molecular weight is 247 g/mol. The minimum absolute atomic E-state index is 0.100. The number of aromatic carboxylic acids is 1. The molecule has 0 aliphatic heterocycles. The fourth-order valence-electron chi connectivity index (χ4n) is 1.41. The Morgan fingerprint density at radius 2 is 2.17 bits per heavy atom. The van der Waals surface area contributed by atoms with E-state index in [1.165, 1.54) is 12.1 Å². The quantitative estimate of drug-likeness (QED) is 0.870. The molecule has 0 aliphatic rings. The molecule has 2 rings (SSSR count). The lowest BCUT2D eigenvalue weighted by Crippen LogP contribution is -2.01. The summed E-state index contributed by atoms with van der Waals surface area (Å²) in [6.07, 6.45) is 1.55. The van der Waals surface area contributed by atoms with Crippen LogP contribution in [-0.4, -0.2) is 21.0 Å². The van der Waals surface area contributed by atoms with Gasteiger partial charge in [0.25, 0.3) is 0 Å². The summed E-state index contributed by atoms with van der Waals surface area (Å²) in [5.74, 6) is -0.809. The van der Waals surface area contributed by atoms with Gasteiger partial charge in [0.05, 0.1) is 11.3 Å². The second-order valence-corrected chi connectivity index (χ2v) is 3.61. The van der Waals surface area contributed by atoms with E-state index in [1.54, 1.807) is 19.2 Å². The molecule has 92 valence electrons. The number of carbonyl (C=O) groups is 1. The number of halogens is 1. The van der Waals surface area contributed by atoms with Gasteiger partial charge in [-0.05, 0) is 31.2 Å². The fraction of sp³-hybridized carbons (Fsp3) is 0.0833. The van der Waals surface area contributed by atoms with Crippen LogP contribution < -0.4 is 5.32 Å². The smallest absolute Gasteiger partial charge is 0.335 e. The number of rotatable bonds is 3. The molecule has 0 spiro atoms. The lowest BCUT2D eigenvalue weighted by Gasteiger charge is -2.07. The molecule has 1 aromatic carbocycles. The Morgan fingerprint density at radius 1 is 1.39 bits per heavy atom. The summed E-state index contributed by atoms with van der Waals surface area (Å²) in [4.78, 5) is 18.6. The molecule has 0 saturated carbocycles. The Kier molecular flexibility index (Phi) is 3.18. The van der Waals surface area contributed by atoms with Crippen molar-refractivity contribution in [2.24, 2.45) is 0 Å². The second-order valence-electron chi connectivity index (χ2n) is 3.61. The third-order valence-corrected chi connectivity index (χ3v) is 2.25. The minimum Gasteiger partial charge on any atom is -0.478 e. The van der Waals surface area contributed by atoms with Crippen LogP contribution in [0, 0.1) is 12.7 Å². The van der Waals surface area contributed by atoms with Gasteiger partial charge in [0.1, 0.15) is 17.5 Å². The van der Waals surface area contributed by atoms with Crippen molar-refractivity contribution in [1.29, 1.82) is 0 Å². The topological polar surface area (TPSA) is 75.1 Å². The van der Waals surface area contributed by atoms with Gasteiger partial charge in [0.15, 0.2) is 0 Å². The maximum absolute atomic E-state index is 13.6. The first kappa shape index (κ1) is 12.0. The lowest BCUT2D eigenvalue weighted by molar-refractivity contribution is 0.0696. The number of aromatic nitrogens is 2. The molecule has 1 aromatic heterocycles. The zero-order valence-electron chi connectivity index (χ0n) is 9.51. The summed E-state index contributed by atoms with van der Waals surface area (Å²) in [6.45, 7) is 1.72. The van der Waals surface area contributed by atoms with Gasteiger partial charge in [-0.15, -0.1) is 0 Å². The SMILES string of the molecule is Cc1nccc(Nc2ccc(C(=O)O)cc2F)n1. The third kappa shape index (κ3) is 2.60. The normalized spacial score (nSPS) is 10.1. The largest absolute Gasteiger partial charge is 0.478 e. The second kappa shape index (κ2) is 4.79. The van der Waals surface area contributed by atoms with Crippen molar-refractivity contribution in [1.82, 2.24) is 9.97 Å². The molecule has 0 unspecified atom stereocenters. The highest BCUT2D eigenvalue weighted by molar-refractivity contribution is 5.88. The number of benzene rings is 1. The number of nitrogens with one attached hydrogen (secondary N) is 1. The monoisotopic (exact) mass is 247 g/mol. The maximum Gasteiger partial charge on any atom is 0.335 e. The molecular formula is C12H10FN3O2. The van der Waals surface area contributed by atoms with E-state index in [9.17, 15) is 9.18 Å². The van der Waals surface area contributed by atoms with Gasteiger partial charge in [-0.1, -0.05) is 0 Å². The zero-order chi connectivity index (χ0) is 13.1. The molecule has 2 aromatic rings. The van der Waals surface area contributed by atoms with E-state index in [2.05, 4.69) is 15.3 Å². The molecule has 6 heteroatoms. The number of aryl methyl sites for hydroxylation is 1. The highest BCUT2D eigenvalue weighted by atomic mass is 19.1. The van der Waals surface area contributed by atoms with Gasteiger partial charge in [-0.3, -0.25) is 0 Å². The highest BCUT2D eigenvalue weighted by Crippen LogP contribution is 2.19. The van der Waals surface area contributed by atoms with Crippen LogP contribution >= 0.6 is 0 Å². The van der Waals surface area contributed by atoms with E-state index in [0.29, 0.717) is 11.6 Å². The van der Waals surface area contributed by atoms with Crippen LogP contribution in [0.2, 0.25) is 0 Å². The summed E-state index contributed by atoms with van der Waals surface area (Å²) in [5.41, 5.74) is 0.0648. The van der Waals surface area contributed by atoms with Crippen LogP contribution in [0.1, 0.15) is 16.2 Å². The average Bonchev–Trinajstić information content (AvgIpc) is 2.31. The Hall–Kier alpha value is -2.50. The number of carboxylic acid groups (broad SMARTS) is 1. The molecule has 1 heterocycles. The van der Waals surface area contributed by atoms with Crippen LogP contribution in [0.4, 0.5) is 15.9 Å². The van der Waals surface area contributed by atoms with E-state index in [1.807, 2.05) is 0 Å². The first-order valence-electron chi connectivity index (χ1n) is 5.16. The third-order valence-electron chi connectivity index (χ3n) is 2.25. The van der Waals surface area contributed by atoms with Crippen molar-refractivity contribution >= 4 is 17.5 Å². The summed E-state index contributed by atoms with van der Waals surface area (Å²) in [5, 5.41) is 11.5. The molecule has 0 atom stereocenters. The van der Waals surface area contributed by atoms with Gasteiger partial charge in [-0.2, -0.15) is 0 Å². The molecule has 0 bridgehead atoms. The van der Waals surface area contributed by atoms with Crippen molar-refractivity contribution in [2.75, 3.05) is 5.32 Å². The lowest BCUT2D eigenvalue weighted by atomic mass is 10.2. The number of hydrogen-bond acceptors (Lipinski definition) is 4. The predicted molar refractivity (Wildman–Crippen MR) is 63.4 cm³/mol. The molecule has 0 aliphatic carbocycles. The molecule has 0 fully saturated rings. The van der Waals surface area contributed by atoms with Crippen molar-refractivity contribution in [3.05, 3.63) is 47.7 Å². The summed E-state index contributed by atoms with van der Waals surface area (Å²) in [7, 11) is 0. The van der Waals surface area contributed by atoms with Crippen molar-refractivity contribution in [2.45, 2.75) is 6.92 Å². The Morgan fingerprint density at radius 3 is 2.78 bits per heavy atom. The fourth-order valence-corrected chi connectivity index (χ4v) is 1.41. The molecule has 2 N–H and O–H groups in total. The number of hydrogen-bond donors (Lipinski definition) is 2. The molecule has 0 saturated heterocycles. The first-order valence-corrected chi connectivity index (χ1v) is 5.16. The van der Waals surface area contributed by atoms with Gasteiger partial charge < -0.3 is 10.4 Å². The van der Waals surface area contributed by atoms with Crippen LogP contribution in [0.3, 0.4) is 0 Å². The zero-order valence-corrected chi connectivity index (χ0v) is 9.51. The van der Waals surface area contributed by atoms with Gasteiger partial charge >= 0.3 is 5.97 Å². The molecule has 5 nitrogen and oxygen atoms in total. The maximum atomic E-state index is 13.6. The van der Waals surface area contributed by atoms with Crippen molar-refractivity contribution in [3.8, 4) is 0 Å². The molecule has 0 radical (unpaired) electrons. The Labute approximate surface area is 102 Å². The Bertz CT molecular complexity index is 602. The highest BCUT2D eigenvalue weighted by Gasteiger charge is 2.08. The van der Waals surface area contributed by atoms with Crippen LogP contribution in [-0.2, 0) is 0 Å². The summed E-state index contributed by atoms with van der Waals surface area (Å²) in [6, 6.07) is 5.23. The number of carboxylic acids is 1. The predicted octanol–water partition coefficient (Wildman–Crippen LogP) is 2.37. The minimum atomic E-state index is -1.17. The summed E-state index contributed by atoms with van der Waals surface area (Å²) < 4.78 is 13.6. The van der Waals surface area contributed by atoms with Crippen LogP contribution in [0.5, 0.6) is 0 Å². The van der Waals surface area contributed by atoms with Crippen molar-refractivity contribution < 1.29 is 14.3 Å². The Balaban J connectivity index is 2.27. The van der Waals surface area contributed by atoms with Crippen LogP contribution in [0.25, 0.3) is 0 Å². The van der Waals surface area contributed by atoms with Gasteiger partial charge in [0, 0.05) is 6.20 Å². The van der Waals surface area contributed by atoms with E-state index >= 15 is 0 Å². The van der Waals surface area contributed by atoms with Gasteiger partial charge in [-0.25, -0.2) is 19.2 Å². The van der Waals surface area contributed by atoms with E-state index in [-0.39, 0.29) is 11.3 Å². The molecule has 0 amide bonds. The number of anilines is 2. The van der Waals surface area contributed by atoms with E-state index < -0.39 is 11.8 Å².